The van der Waals surface area contributed by atoms with Crippen molar-refractivity contribution in [2.75, 3.05) is 0 Å². The molecule has 1 aromatic carbocycles. The lowest BCUT2D eigenvalue weighted by Crippen LogP contribution is -1.85. The Morgan fingerprint density at radius 3 is 1.75 bits per heavy atom. The maximum Gasteiger partial charge on any atom is -0.0219 e. The van der Waals surface area contributed by atoms with Crippen molar-refractivity contribution < 1.29 is 10.5 Å². The third-order valence-electron chi connectivity index (χ3n) is 1.74. The lowest BCUT2D eigenvalue weighted by molar-refractivity contribution is -0.176. The van der Waals surface area contributed by atoms with E-state index >= 15 is 0 Å². The van der Waals surface area contributed by atoms with E-state index in [4.69, 9.17) is 10.5 Å². The van der Waals surface area contributed by atoms with E-state index in [1.165, 1.54) is 11.1 Å². The smallest absolute Gasteiger partial charge is 0.0219 e. The summed E-state index contributed by atoms with van der Waals surface area (Å²) in [6, 6.07) is 8.71. The Bertz CT molecular complexity index is 202. The number of hydrogen-bond donors (Lipinski definition) is 2. The average Bonchev–Trinajstić information content (AvgIpc) is 2.09. The first-order valence-corrected chi connectivity index (χ1v) is 3.96. The third-order valence-corrected chi connectivity index (χ3v) is 1.74. The first kappa shape index (κ1) is 11.1. The van der Waals surface area contributed by atoms with Gasteiger partial charge < -0.3 is 0 Å². The van der Waals surface area contributed by atoms with Crippen molar-refractivity contribution in [1.29, 1.82) is 0 Å². The molecule has 12 heavy (non-hydrogen) atoms. The molecule has 0 atom stereocenters. The van der Waals surface area contributed by atoms with Gasteiger partial charge in [0, 0.05) is 0 Å². The molecule has 2 nitrogen and oxygen atoms in total. The Hall–Kier alpha value is -0.860. The monoisotopic (exact) mass is 168 g/mol. The molecule has 0 unspecified atom stereocenters. The first-order chi connectivity index (χ1) is 5.70. The molecule has 2 N–H and O–H groups in total. The predicted octanol–water partition coefficient (Wildman–Crippen LogP) is 3.14. The fraction of sp³-hybridized carbons (Fsp3) is 0.400. The first-order valence-electron chi connectivity index (χ1n) is 3.96. The molecule has 0 aliphatic heterocycles. The van der Waals surface area contributed by atoms with E-state index in [-0.39, 0.29) is 0 Å². The third kappa shape index (κ3) is 3.51. The minimum absolute atomic E-state index is 0.653. The van der Waals surface area contributed by atoms with Gasteiger partial charge >= 0.3 is 0 Å². The van der Waals surface area contributed by atoms with Gasteiger partial charge in [0.1, 0.15) is 0 Å². The molecular weight excluding hydrogens is 152 g/mol. The average molecular weight is 168 g/mol. The van der Waals surface area contributed by atoms with Gasteiger partial charge in [0.15, 0.2) is 0 Å². The summed E-state index contributed by atoms with van der Waals surface area (Å²) in [5.74, 6) is 0.653. The zero-order valence-corrected chi connectivity index (χ0v) is 7.78. The number of benzene rings is 1. The zero-order chi connectivity index (χ0) is 9.56. The van der Waals surface area contributed by atoms with Crippen molar-refractivity contribution in [1.82, 2.24) is 0 Å². The molecule has 0 aromatic heterocycles. The van der Waals surface area contributed by atoms with Crippen LogP contribution >= 0.6 is 0 Å². The van der Waals surface area contributed by atoms with Crippen LogP contribution in [0.5, 0.6) is 0 Å². The molecule has 0 fully saturated rings. The van der Waals surface area contributed by atoms with Crippen molar-refractivity contribution in [3.63, 3.8) is 0 Å². The summed E-state index contributed by atoms with van der Waals surface area (Å²) in [4.78, 5) is 0. The maximum atomic E-state index is 6.00. The van der Waals surface area contributed by atoms with Crippen LogP contribution in [0.3, 0.4) is 0 Å². The van der Waals surface area contributed by atoms with Crippen LogP contribution in [0.2, 0.25) is 0 Å². The van der Waals surface area contributed by atoms with Gasteiger partial charge in [-0.1, -0.05) is 43.7 Å². The highest BCUT2D eigenvalue weighted by Gasteiger charge is 1.95. The molecule has 1 aromatic rings. The minimum atomic E-state index is 0.653. The molecule has 0 amide bonds. The second-order valence-corrected chi connectivity index (χ2v) is 3.07. The molecule has 68 valence electrons. The minimum Gasteiger partial charge on any atom is -0.255 e. The largest absolute Gasteiger partial charge is 0.255 e. The van der Waals surface area contributed by atoms with Crippen molar-refractivity contribution >= 4 is 0 Å². The van der Waals surface area contributed by atoms with E-state index in [0.717, 1.165) is 0 Å². The Morgan fingerprint density at radius 2 is 1.42 bits per heavy atom. The van der Waals surface area contributed by atoms with Crippen molar-refractivity contribution in [2.45, 2.75) is 26.7 Å². The van der Waals surface area contributed by atoms with E-state index in [0.29, 0.717) is 5.92 Å². The van der Waals surface area contributed by atoms with E-state index in [1.807, 2.05) is 0 Å². The Balaban J connectivity index is 0.000000561. The summed E-state index contributed by atoms with van der Waals surface area (Å²) in [5, 5.41) is 12.0. The number of rotatable bonds is 1. The van der Waals surface area contributed by atoms with Gasteiger partial charge in [-0.3, -0.25) is 10.5 Å². The summed E-state index contributed by atoms with van der Waals surface area (Å²) >= 11 is 0. The predicted molar refractivity (Wildman–Crippen MR) is 50.5 cm³/mol. The van der Waals surface area contributed by atoms with Gasteiger partial charge in [-0.05, 0) is 18.4 Å². The normalized spacial score (nSPS) is 9.17. The summed E-state index contributed by atoms with van der Waals surface area (Å²) in [5.41, 5.74) is 2.76. The second-order valence-electron chi connectivity index (χ2n) is 3.07. The number of aryl methyl sites for hydroxylation is 1. The van der Waals surface area contributed by atoms with Crippen LogP contribution in [0.4, 0.5) is 0 Å². The quantitative estimate of drug-likeness (QED) is 0.499. The molecule has 2 heteroatoms. The topological polar surface area (TPSA) is 40.5 Å². The van der Waals surface area contributed by atoms with Crippen LogP contribution < -0.4 is 0 Å². The molecule has 0 heterocycles. The Kier molecular flexibility index (Phi) is 5.34. The molecule has 0 saturated heterocycles. The molecule has 0 spiro atoms. The summed E-state index contributed by atoms with van der Waals surface area (Å²) < 4.78 is 0. The second kappa shape index (κ2) is 5.75. The molecule has 0 bridgehead atoms. The van der Waals surface area contributed by atoms with Crippen LogP contribution in [0.1, 0.15) is 30.9 Å². The van der Waals surface area contributed by atoms with Gasteiger partial charge in [-0.25, -0.2) is 0 Å². The van der Waals surface area contributed by atoms with E-state index < -0.39 is 0 Å². The van der Waals surface area contributed by atoms with Crippen molar-refractivity contribution in [3.8, 4) is 0 Å². The molecular formula is C10H16O2. The van der Waals surface area contributed by atoms with Crippen LogP contribution in [0, 0.1) is 6.92 Å². The fourth-order valence-electron chi connectivity index (χ4n) is 0.951. The van der Waals surface area contributed by atoms with Gasteiger partial charge in [-0.15, -0.1) is 0 Å². The molecule has 0 radical (unpaired) electrons. The summed E-state index contributed by atoms with van der Waals surface area (Å²) in [6.07, 6.45) is 0. The standard InChI is InChI=1S/C10H14.H2O2/c1-8(2)10-6-4-9(3)5-7-10;1-2/h4-8H,1-3H3;1-2H. The molecule has 0 saturated carbocycles. The van der Waals surface area contributed by atoms with Gasteiger partial charge in [0.25, 0.3) is 0 Å². The van der Waals surface area contributed by atoms with E-state index in [2.05, 4.69) is 45.0 Å². The SMILES string of the molecule is Cc1ccc(C(C)C)cc1.OO. The highest BCUT2D eigenvalue weighted by molar-refractivity contribution is 5.23. The lowest BCUT2D eigenvalue weighted by atomic mass is 10.0. The number of hydrogen-bond acceptors (Lipinski definition) is 2. The van der Waals surface area contributed by atoms with Gasteiger partial charge in [0.2, 0.25) is 0 Å². The van der Waals surface area contributed by atoms with Crippen LogP contribution in [0.15, 0.2) is 24.3 Å². The summed E-state index contributed by atoms with van der Waals surface area (Å²) in [6.45, 7) is 6.54. The zero-order valence-electron chi connectivity index (χ0n) is 7.78. The van der Waals surface area contributed by atoms with Crippen LogP contribution in [0.25, 0.3) is 0 Å². The van der Waals surface area contributed by atoms with Gasteiger partial charge in [0.05, 0.1) is 0 Å². The Morgan fingerprint density at radius 1 is 1.00 bits per heavy atom. The molecule has 0 aliphatic carbocycles. The maximum absolute atomic E-state index is 6.00. The molecule has 1 rings (SSSR count). The highest BCUT2D eigenvalue weighted by atomic mass is 17.0. The van der Waals surface area contributed by atoms with Crippen LogP contribution in [-0.2, 0) is 0 Å². The molecule has 0 aliphatic rings. The van der Waals surface area contributed by atoms with Crippen molar-refractivity contribution in [3.05, 3.63) is 35.4 Å². The van der Waals surface area contributed by atoms with E-state index in [9.17, 15) is 0 Å². The van der Waals surface area contributed by atoms with E-state index in [1.54, 1.807) is 0 Å². The lowest BCUT2D eigenvalue weighted by Gasteiger charge is -2.03. The fourth-order valence-corrected chi connectivity index (χ4v) is 0.951. The summed E-state index contributed by atoms with van der Waals surface area (Å²) in [7, 11) is 0. The van der Waals surface area contributed by atoms with Crippen molar-refractivity contribution in [2.24, 2.45) is 0 Å². The van der Waals surface area contributed by atoms with Crippen LogP contribution in [-0.4, -0.2) is 10.5 Å². The highest BCUT2D eigenvalue weighted by Crippen LogP contribution is 2.13. The van der Waals surface area contributed by atoms with Gasteiger partial charge in [-0.2, -0.15) is 0 Å². The Labute approximate surface area is 73.4 Å².